The smallest absolute Gasteiger partial charge is 0.346 e. The summed E-state index contributed by atoms with van der Waals surface area (Å²) < 4.78 is 8.06. The van der Waals surface area contributed by atoms with Crippen LogP contribution in [0.5, 0.6) is 0 Å². The van der Waals surface area contributed by atoms with Gasteiger partial charge in [-0.2, -0.15) is 0 Å². The molecule has 0 saturated heterocycles. The highest BCUT2D eigenvalue weighted by Gasteiger charge is 2.30. The number of nitrogens with zero attached hydrogens (tertiary/aromatic N) is 4. The van der Waals surface area contributed by atoms with Gasteiger partial charge < -0.3 is 9.84 Å². The molecule has 0 unspecified atom stereocenters. The predicted octanol–water partition coefficient (Wildman–Crippen LogP) is 1.77. The highest BCUT2D eigenvalue weighted by Crippen LogP contribution is 2.36. The van der Waals surface area contributed by atoms with Gasteiger partial charge in [-0.25, -0.2) is 9.48 Å². The molecule has 1 fully saturated rings. The molecule has 1 N–H and O–H groups in total. The van der Waals surface area contributed by atoms with E-state index in [2.05, 4.69) is 15.6 Å². The van der Waals surface area contributed by atoms with Gasteiger partial charge in [0, 0.05) is 24.2 Å². The Kier molecular flexibility index (Phi) is 4.16. The summed E-state index contributed by atoms with van der Waals surface area (Å²) in [5.41, 5.74) is 0.999. The van der Waals surface area contributed by atoms with Gasteiger partial charge in [0.15, 0.2) is 11.5 Å². The lowest BCUT2D eigenvalue weighted by atomic mass is 10.2. The first kappa shape index (κ1) is 16.3. The summed E-state index contributed by atoms with van der Waals surface area (Å²) in [5.74, 6) is 0.915. The van der Waals surface area contributed by atoms with Crippen molar-refractivity contribution in [3.8, 4) is 11.4 Å². The third kappa shape index (κ3) is 3.17. The lowest BCUT2D eigenvalue weighted by Crippen LogP contribution is -2.32. The van der Waals surface area contributed by atoms with Gasteiger partial charge in [-0.05, 0) is 19.8 Å². The number of nitrogens with one attached hydrogen (secondary N) is 1. The minimum atomic E-state index is -0.334. The van der Waals surface area contributed by atoms with Crippen LogP contribution >= 0.6 is 0 Å². The third-order valence-corrected chi connectivity index (χ3v) is 4.28. The van der Waals surface area contributed by atoms with Crippen LogP contribution in [0, 0.1) is 6.92 Å². The fourth-order valence-corrected chi connectivity index (χ4v) is 2.85. The summed E-state index contributed by atoms with van der Waals surface area (Å²) in [6.07, 6.45) is 1.99. The van der Waals surface area contributed by atoms with Crippen LogP contribution in [-0.4, -0.2) is 32.0 Å². The van der Waals surface area contributed by atoms with Crippen LogP contribution in [0.4, 0.5) is 0 Å². The van der Waals surface area contributed by atoms with Crippen molar-refractivity contribution in [2.45, 2.75) is 32.4 Å². The van der Waals surface area contributed by atoms with E-state index in [9.17, 15) is 9.59 Å². The molecule has 1 aliphatic rings. The number of rotatable bonds is 6. The minimum Gasteiger partial charge on any atom is -0.361 e. The first-order valence-electron chi connectivity index (χ1n) is 8.60. The predicted molar refractivity (Wildman–Crippen MR) is 93.8 cm³/mol. The zero-order valence-corrected chi connectivity index (χ0v) is 14.4. The van der Waals surface area contributed by atoms with Crippen LogP contribution in [-0.2, 0) is 6.54 Å². The number of hydrogen-bond acceptors (Lipinski definition) is 5. The first-order chi connectivity index (χ1) is 12.6. The topological polar surface area (TPSA) is 95.0 Å². The van der Waals surface area contributed by atoms with Gasteiger partial charge in [0.2, 0.25) is 0 Å². The van der Waals surface area contributed by atoms with Gasteiger partial charge in [0.1, 0.15) is 5.76 Å². The van der Waals surface area contributed by atoms with Gasteiger partial charge in [0.25, 0.3) is 5.91 Å². The molecule has 134 valence electrons. The molecule has 0 radical (unpaired) electrons. The molecule has 0 atom stereocenters. The molecule has 8 heteroatoms. The molecule has 1 saturated carbocycles. The molecule has 0 spiro atoms. The maximum Gasteiger partial charge on any atom is 0.346 e. The highest BCUT2D eigenvalue weighted by atomic mass is 16.5. The molecular formula is C18H19N5O3. The fourth-order valence-electron chi connectivity index (χ4n) is 2.85. The van der Waals surface area contributed by atoms with Crippen molar-refractivity contribution >= 4 is 5.91 Å². The van der Waals surface area contributed by atoms with Crippen molar-refractivity contribution in [2.75, 3.05) is 6.54 Å². The average Bonchev–Trinajstić information content (AvgIpc) is 3.30. The van der Waals surface area contributed by atoms with E-state index in [0.717, 1.165) is 18.4 Å². The Morgan fingerprint density at radius 3 is 2.73 bits per heavy atom. The van der Waals surface area contributed by atoms with Gasteiger partial charge in [-0.3, -0.25) is 9.36 Å². The number of carbonyl (C=O) groups excluding carboxylic acids is 1. The monoisotopic (exact) mass is 353 g/mol. The maximum absolute atomic E-state index is 12.7. The van der Waals surface area contributed by atoms with Gasteiger partial charge in [0.05, 0.1) is 6.54 Å². The van der Waals surface area contributed by atoms with Crippen molar-refractivity contribution in [1.82, 2.24) is 24.8 Å². The van der Waals surface area contributed by atoms with Crippen molar-refractivity contribution in [1.29, 1.82) is 0 Å². The lowest BCUT2D eigenvalue weighted by Gasteiger charge is -2.02. The number of aromatic nitrogens is 4. The Morgan fingerprint density at radius 2 is 2.08 bits per heavy atom. The number of carbonyl (C=O) groups is 1. The van der Waals surface area contributed by atoms with Gasteiger partial charge in [-0.15, -0.1) is 5.10 Å². The van der Waals surface area contributed by atoms with E-state index in [4.69, 9.17) is 4.52 Å². The van der Waals surface area contributed by atoms with Crippen LogP contribution in [0.2, 0.25) is 0 Å². The van der Waals surface area contributed by atoms with Crippen LogP contribution in [0.15, 0.2) is 45.7 Å². The molecule has 0 aliphatic heterocycles. The molecular weight excluding hydrogens is 334 g/mol. The van der Waals surface area contributed by atoms with Crippen LogP contribution in [0.25, 0.3) is 11.4 Å². The summed E-state index contributed by atoms with van der Waals surface area (Å²) in [6.45, 7) is 2.29. The molecule has 2 aromatic heterocycles. The van der Waals surface area contributed by atoms with Crippen molar-refractivity contribution < 1.29 is 9.32 Å². The SMILES string of the molecule is Cc1cc(C(=O)NCCn2nc(-c3ccccc3)n(C3CC3)c2=O)no1. The first-order valence-corrected chi connectivity index (χ1v) is 8.60. The summed E-state index contributed by atoms with van der Waals surface area (Å²) >= 11 is 0. The van der Waals surface area contributed by atoms with E-state index in [1.807, 2.05) is 30.3 Å². The minimum absolute atomic E-state index is 0.141. The highest BCUT2D eigenvalue weighted by molar-refractivity contribution is 5.92. The number of amides is 1. The van der Waals surface area contributed by atoms with E-state index in [0.29, 0.717) is 18.1 Å². The van der Waals surface area contributed by atoms with Gasteiger partial charge in [-0.1, -0.05) is 35.5 Å². The molecule has 2 heterocycles. The van der Waals surface area contributed by atoms with E-state index in [-0.39, 0.29) is 29.9 Å². The Morgan fingerprint density at radius 1 is 1.31 bits per heavy atom. The molecule has 1 amide bonds. The summed E-state index contributed by atoms with van der Waals surface area (Å²) in [5, 5.41) is 10.9. The third-order valence-electron chi connectivity index (χ3n) is 4.28. The molecule has 8 nitrogen and oxygen atoms in total. The zero-order chi connectivity index (χ0) is 18.1. The second kappa shape index (κ2) is 6.62. The van der Waals surface area contributed by atoms with E-state index >= 15 is 0 Å². The number of hydrogen-bond donors (Lipinski definition) is 1. The molecule has 1 aliphatic carbocycles. The lowest BCUT2D eigenvalue weighted by molar-refractivity contribution is 0.0942. The summed E-state index contributed by atoms with van der Waals surface area (Å²) in [6, 6.07) is 11.5. The summed E-state index contributed by atoms with van der Waals surface area (Å²) in [4.78, 5) is 24.7. The Hall–Kier alpha value is -3.16. The molecule has 26 heavy (non-hydrogen) atoms. The Balaban J connectivity index is 1.50. The molecule has 1 aromatic carbocycles. The van der Waals surface area contributed by atoms with Crippen LogP contribution < -0.4 is 11.0 Å². The van der Waals surface area contributed by atoms with Crippen LogP contribution in [0.3, 0.4) is 0 Å². The summed E-state index contributed by atoms with van der Waals surface area (Å²) in [7, 11) is 0. The largest absolute Gasteiger partial charge is 0.361 e. The second-order valence-corrected chi connectivity index (χ2v) is 6.38. The van der Waals surface area contributed by atoms with E-state index in [1.165, 1.54) is 4.68 Å². The second-order valence-electron chi connectivity index (χ2n) is 6.38. The van der Waals surface area contributed by atoms with Crippen molar-refractivity contribution in [2.24, 2.45) is 0 Å². The molecule has 4 rings (SSSR count). The van der Waals surface area contributed by atoms with Crippen LogP contribution in [0.1, 0.15) is 35.1 Å². The van der Waals surface area contributed by atoms with Crippen molar-refractivity contribution in [3.05, 3.63) is 58.3 Å². The number of benzene rings is 1. The molecule has 0 bridgehead atoms. The molecule has 3 aromatic rings. The normalized spacial score (nSPS) is 13.7. The van der Waals surface area contributed by atoms with Crippen molar-refractivity contribution in [3.63, 3.8) is 0 Å². The van der Waals surface area contributed by atoms with E-state index in [1.54, 1.807) is 17.6 Å². The fraction of sp³-hybridized carbons (Fsp3) is 0.333. The van der Waals surface area contributed by atoms with E-state index < -0.39 is 0 Å². The Bertz CT molecular complexity index is 982. The van der Waals surface area contributed by atoms with Gasteiger partial charge >= 0.3 is 5.69 Å². The zero-order valence-electron chi connectivity index (χ0n) is 14.4. The standard InChI is InChI=1S/C18H19N5O3/c1-12-11-15(21-26-12)17(24)19-9-10-22-18(25)23(14-7-8-14)16(20-22)13-5-3-2-4-6-13/h2-6,11,14H,7-10H2,1H3,(H,19,24). The number of aryl methyl sites for hydroxylation is 1. The Labute approximate surface area is 149 Å². The quantitative estimate of drug-likeness (QED) is 0.729. The maximum atomic E-state index is 12.7. The average molecular weight is 353 g/mol.